The predicted octanol–water partition coefficient (Wildman–Crippen LogP) is 4.00. The molecule has 0 unspecified atom stereocenters. The molecule has 0 spiro atoms. The van der Waals surface area contributed by atoms with Gasteiger partial charge in [-0.2, -0.15) is 0 Å². The lowest BCUT2D eigenvalue weighted by Gasteiger charge is -2.21. The molecular formula is C17H25NO3. The van der Waals surface area contributed by atoms with Gasteiger partial charge in [0.2, 0.25) is 5.91 Å². The van der Waals surface area contributed by atoms with Crippen LogP contribution in [0.2, 0.25) is 0 Å². The Hall–Kier alpha value is -1.71. The molecule has 0 saturated heterocycles. The first-order valence-electron chi connectivity index (χ1n) is 7.75. The molecule has 4 heteroatoms. The second-order valence-electron chi connectivity index (χ2n) is 5.66. The van der Waals surface area contributed by atoms with Gasteiger partial charge < -0.3 is 14.8 Å². The fourth-order valence-electron chi connectivity index (χ4n) is 2.94. The highest BCUT2D eigenvalue weighted by atomic mass is 16.5. The molecule has 0 aromatic heterocycles. The van der Waals surface area contributed by atoms with Gasteiger partial charge >= 0.3 is 0 Å². The van der Waals surface area contributed by atoms with Crippen LogP contribution in [0.25, 0.3) is 0 Å². The molecule has 0 heterocycles. The fraction of sp³-hybridized carbons (Fsp3) is 0.588. The maximum atomic E-state index is 12.1. The molecule has 1 aromatic rings. The average Bonchev–Trinajstić information content (AvgIpc) is 2.54. The number of amides is 1. The van der Waals surface area contributed by atoms with E-state index in [9.17, 15) is 4.79 Å². The molecule has 1 fully saturated rings. The van der Waals surface area contributed by atoms with Gasteiger partial charge in [-0.25, -0.2) is 0 Å². The summed E-state index contributed by atoms with van der Waals surface area (Å²) >= 11 is 0. The van der Waals surface area contributed by atoms with Crippen LogP contribution in [0.4, 0.5) is 5.69 Å². The van der Waals surface area contributed by atoms with E-state index in [4.69, 9.17) is 9.47 Å². The van der Waals surface area contributed by atoms with Crippen LogP contribution in [-0.4, -0.2) is 20.1 Å². The number of anilines is 1. The molecule has 0 radical (unpaired) electrons. The summed E-state index contributed by atoms with van der Waals surface area (Å²) in [6.07, 6.45) is 8.09. The summed E-state index contributed by atoms with van der Waals surface area (Å²) in [7, 11) is 3.20. The molecule has 21 heavy (non-hydrogen) atoms. The number of benzene rings is 1. The highest BCUT2D eigenvalue weighted by Gasteiger charge is 2.15. The van der Waals surface area contributed by atoms with Crippen LogP contribution >= 0.6 is 0 Å². The first kappa shape index (κ1) is 15.7. The molecule has 1 amide bonds. The Bertz CT molecular complexity index is 467. The van der Waals surface area contributed by atoms with Crippen molar-refractivity contribution in [3.05, 3.63) is 18.2 Å². The van der Waals surface area contributed by atoms with Crippen molar-refractivity contribution in [1.82, 2.24) is 0 Å². The number of methoxy groups -OCH3 is 2. The van der Waals surface area contributed by atoms with E-state index in [1.807, 2.05) is 6.07 Å². The van der Waals surface area contributed by atoms with E-state index in [1.165, 1.54) is 32.1 Å². The summed E-state index contributed by atoms with van der Waals surface area (Å²) in [6.45, 7) is 0. The minimum absolute atomic E-state index is 0.0483. The summed E-state index contributed by atoms with van der Waals surface area (Å²) in [4.78, 5) is 12.1. The van der Waals surface area contributed by atoms with E-state index in [0.29, 0.717) is 23.6 Å². The van der Waals surface area contributed by atoms with Crippen molar-refractivity contribution in [2.45, 2.75) is 44.9 Å². The van der Waals surface area contributed by atoms with Crippen molar-refractivity contribution in [3.63, 3.8) is 0 Å². The van der Waals surface area contributed by atoms with Crippen molar-refractivity contribution < 1.29 is 14.3 Å². The quantitative estimate of drug-likeness (QED) is 0.861. The summed E-state index contributed by atoms with van der Waals surface area (Å²) < 4.78 is 10.5. The van der Waals surface area contributed by atoms with Gasteiger partial charge in [0, 0.05) is 12.5 Å². The Morgan fingerprint density at radius 2 is 1.95 bits per heavy atom. The first-order chi connectivity index (χ1) is 10.2. The van der Waals surface area contributed by atoms with Gasteiger partial charge in [-0.15, -0.1) is 0 Å². The molecule has 4 nitrogen and oxygen atoms in total. The largest absolute Gasteiger partial charge is 0.497 e. The number of hydrogen-bond donors (Lipinski definition) is 1. The van der Waals surface area contributed by atoms with E-state index < -0.39 is 0 Å². The molecule has 2 rings (SSSR count). The highest BCUT2D eigenvalue weighted by molar-refractivity contribution is 5.92. The Kier molecular flexibility index (Phi) is 5.90. The van der Waals surface area contributed by atoms with Crippen LogP contribution in [0.5, 0.6) is 11.5 Å². The third kappa shape index (κ3) is 4.66. The predicted molar refractivity (Wildman–Crippen MR) is 84.0 cm³/mol. The normalized spacial score (nSPS) is 15.5. The average molecular weight is 291 g/mol. The number of carbonyl (C=O) groups excluding carboxylic acids is 1. The molecule has 1 aromatic carbocycles. The maximum Gasteiger partial charge on any atom is 0.224 e. The zero-order chi connectivity index (χ0) is 15.1. The summed E-state index contributed by atoms with van der Waals surface area (Å²) in [5, 5.41) is 2.93. The zero-order valence-corrected chi connectivity index (χ0v) is 13.0. The summed E-state index contributed by atoms with van der Waals surface area (Å²) in [5.74, 6) is 2.13. The van der Waals surface area contributed by atoms with Crippen LogP contribution in [0, 0.1) is 5.92 Å². The molecule has 1 aliphatic rings. The van der Waals surface area contributed by atoms with Crippen molar-refractivity contribution in [3.8, 4) is 11.5 Å². The molecule has 1 N–H and O–H groups in total. The van der Waals surface area contributed by atoms with Gasteiger partial charge in [-0.05, 0) is 24.5 Å². The van der Waals surface area contributed by atoms with Crippen LogP contribution in [0.3, 0.4) is 0 Å². The van der Waals surface area contributed by atoms with Gasteiger partial charge in [0.05, 0.1) is 19.9 Å². The van der Waals surface area contributed by atoms with Crippen molar-refractivity contribution >= 4 is 11.6 Å². The SMILES string of the molecule is COc1ccc(OC)c(NC(=O)CCC2CCCCC2)c1. The second-order valence-corrected chi connectivity index (χ2v) is 5.66. The number of carbonyl (C=O) groups is 1. The van der Waals surface area contributed by atoms with Gasteiger partial charge in [-0.3, -0.25) is 4.79 Å². The molecule has 0 bridgehead atoms. The molecule has 0 atom stereocenters. The van der Waals surface area contributed by atoms with Gasteiger partial charge in [0.25, 0.3) is 0 Å². The summed E-state index contributed by atoms with van der Waals surface area (Å²) in [6, 6.07) is 5.41. The van der Waals surface area contributed by atoms with E-state index >= 15 is 0 Å². The van der Waals surface area contributed by atoms with E-state index in [2.05, 4.69) is 5.32 Å². The van der Waals surface area contributed by atoms with Crippen LogP contribution < -0.4 is 14.8 Å². The minimum Gasteiger partial charge on any atom is -0.497 e. The highest BCUT2D eigenvalue weighted by Crippen LogP contribution is 2.30. The lowest BCUT2D eigenvalue weighted by Crippen LogP contribution is -2.15. The van der Waals surface area contributed by atoms with Gasteiger partial charge in [-0.1, -0.05) is 32.1 Å². The standard InChI is InChI=1S/C17H25NO3/c1-20-14-9-10-16(21-2)15(12-14)18-17(19)11-8-13-6-4-3-5-7-13/h9-10,12-13H,3-8,11H2,1-2H3,(H,18,19). The number of rotatable bonds is 6. The lowest BCUT2D eigenvalue weighted by atomic mass is 9.86. The Morgan fingerprint density at radius 3 is 2.62 bits per heavy atom. The van der Waals surface area contributed by atoms with E-state index in [-0.39, 0.29) is 5.91 Å². The Morgan fingerprint density at radius 1 is 1.19 bits per heavy atom. The molecule has 116 valence electrons. The van der Waals surface area contributed by atoms with Crippen LogP contribution in [0.15, 0.2) is 18.2 Å². The minimum atomic E-state index is 0.0483. The van der Waals surface area contributed by atoms with E-state index in [1.54, 1.807) is 26.4 Å². The first-order valence-corrected chi connectivity index (χ1v) is 7.75. The second kappa shape index (κ2) is 7.91. The Balaban J connectivity index is 1.89. The third-order valence-corrected chi connectivity index (χ3v) is 4.19. The van der Waals surface area contributed by atoms with Crippen molar-refractivity contribution in [1.29, 1.82) is 0 Å². The fourth-order valence-corrected chi connectivity index (χ4v) is 2.94. The third-order valence-electron chi connectivity index (χ3n) is 4.19. The van der Waals surface area contributed by atoms with Crippen LogP contribution in [0.1, 0.15) is 44.9 Å². The Labute approximate surface area is 126 Å². The molecule has 0 aliphatic heterocycles. The van der Waals surface area contributed by atoms with Gasteiger partial charge in [0.1, 0.15) is 11.5 Å². The monoisotopic (exact) mass is 291 g/mol. The molecule has 1 aliphatic carbocycles. The molecular weight excluding hydrogens is 266 g/mol. The smallest absolute Gasteiger partial charge is 0.224 e. The van der Waals surface area contributed by atoms with Crippen LogP contribution in [-0.2, 0) is 4.79 Å². The number of ether oxygens (including phenoxy) is 2. The van der Waals surface area contributed by atoms with E-state index in [0.717, 1.165) is 12.3 Å². The number of nitrogens with one attached hydrogen (secondary N) is 1. The van der Waals surface area contributed by atoms with Crippen molar-refractivity contribution in [2.24, 2.45) is 5.92 Å². The number of hydrogen-bond acceptors (Lipinski definition) is 3. The topological polar surface area (TPSA) is 47.6 Å². The summed E-state index contributed by atoms with van der Waals surface area (Å²) in [5.41, 5.74) is 0.672. The lowest BCUT2D eigenvalue weighted by molar-refractivity contribution is -0.116. The maximum absolute atomic E-state index is 12.1. The van der Waals surface area contributed by atoms with Crippen molar-refractivity contribution in [2.75, 3.05) is 19.5 Å². The van der Waals surface area contributed by atoms with Gasteiger partial charge in [0.15, 0.2) is 0 Å². The zero-order valence-electron chi connectivity index (χ0n) is 13.0. The molecule has 1 saturated carbocycles.